The second-order valence-corrected chi connectivity index (χ2v) is 7.32. The number of carboxylic acids is 1. The zero-order chi connectivity index (χ0) is 18.0. The normalized spacial score (nSPS) is 27.1. The van der Waals surface area contributed by atoms with E-state index in [0.29, 0.717) is 17.4 Å². The number of benzene rings is 1. The van der Waals surface area contributed by atoms with Crippen LogP contribution in [0.3, 0.4) is 0 Å². The lowest BCUT2D eigenvalue weighted by atomic mass is 9.78. The van der Waals surface area contributed by atoms with Crippen LogP contribution < -0.4 is 9.47 Å². The van der Waals surface area contributed by atoms with E-state index in [0.717, 1.165) is 44.5 Å². The van der Waals surface area contributed by atoms with Gasteiger partial charge in [-0.25, -0.2) is 4.79 Å². The molecule has 6 nitrogen and oxygen atoms in total. The molecule has 1 heterocycles. The molecule has 0 bridgehead atoms. The monoisotopic (exact) mass is 349 g/mol. The molecule has 3 rings (SSSR count). The number of aliphatic hydroxyl groups is 1. The molecule has 1 saturated heterocycles. The fraction of sp³-hybridized carbons (Fsp3) is 0.632. The molecular weight excluding hydrogens is 322 g/mol. The van der Waals surface area contributed by atoms with Crippen LogP contribution in [0.4, 0.5) is 0 Å². The molecule has 2 fully saturated rings. The number of hydrogen-bond donors (Lipinski definition) is 2. The van der Waals surface area contributed by atoms with Crippen molar-refractivity contribution >= 4 is 5.97 Å². The largest absolute Gasteiger partial charge is 0.493 e. The van der Waals surface area contributed by atoms with Crippen molar-refractivity contribution in [1.82, 2.24) is 4.90 Å². The Hall–Kier alpha value is -1.79. The van der Waals surface area contributed by atoms with Gasteiger partial charge in [0.2, 0.25) is 0 Å². The van der Waals surface area contributed by atoms with Crippen molar-refractivity contribution in [3.63, 3.8) is 0 Å². The van der Waals surface area contributed by atoms with Gasteiger partial charge in [0.15, 0.2) is 18.1 Å². The smallest absolute Gasteiger partial charge is 0.341 e. The van der Waals surface area contributed by atoms with Crippen molar-refractivity contribution in [2.24, 2.45) is 11.8 Å². The van der Waals surface area contributed by atoms with E-state index in [2.05, 4.69) is 11.8 Å². The van der Waals surface area contributed by atoms with Gasteiger partial charge in [-0.15, -0.1) is 0 Å². The minimum absolute atomic E-state index is 0.259. The minimum Gasteiger partial charge on any atom is -0.493 e. The van der Waals surface area contributed by atoms with Crippen molar-refractivity contribution < 1.29 is 24.5 Å². The lowest BCUT2D eigenvalue weighted by Gasteiger charge is -2.43. The van der Waals surface area contributed by atoms with E-state index in [1.807, 2.05) is 12.1 Å². The van der Waals surface area contributed by atoms with Crippen LogP contribution in [0.1, 0.15) is 31.7 Å². The van der Waals surface area contributed by atoms with Crippen molar-refractivity contribution in [2.75, 3.05) is 26.8 Å². The summed E-state index contributed by atoms with van der Waals surface area (Å²) >= 11 is 0. The third kappa shape index (κ3) is 4.07. The van der Waals surface area contributed by atoms with Gasteiger partial charge < -0.3 is 19.7 Å². The van der Waals surface area contributed by atoms with Gasteiger partial charge >= 0.3 is 5.97 Å². The van der Waals surface area contributed by atoms with Crippen LogP contribution >= 0.6 is 0 Å². The van der Waals surface area contributed by atoms with Crippen LogP contribution in [-0.2, 0) is 11.3 Å². The van der Waals surface area contributed by atoms with Crippen LogP contribution in [0.2, 0.25) is 0 Å². The predicted molar refractivity (Wildman–Crippen MR) is 92.9 cm³/mol. The molecule has 1 saturated carbocycles. The maximum Gasteiger partial charge on any atom is 0.341 e. The number of ether oxygens (including phenoxy) is 2. The molecule has 0 spiro atoms. The highest BCUT2D eigenvalue weighted by Gasteiger charge is 2.49. The summed E-state index contributed by atoms with van der Waals surface area (Å²) in [5.74, 6) is 0.704. The van der Waals surface area contributed by atoms with Gasteiger partial charge in [0.25, 0.3) is 0 Å². The zero-order valence-corrected chi connectivity index (χ0v) is 14.9. The zero-order valence-electron chi connectivity index (χ0n) is 14.9. The molecule has 6 heteroatoms. The lowest BCUT2D eigenvalue weighted by molar-refractivity contribution is -0.139. The highest BCUT2D eigenvalue weighted by Crippen LogP contribution is 2.47. The first-order chi connectivity index (χ1) is 11.9. The number of rotatable bonds is 7. The first kappa shape index (κ1) is 18.0. The number of hydrogen-bond acceptors (Lipinski definition) is 5. The fourth-order valence-corrected chi connectivity index (χ4v) is 3.88. The van der Waals surface area contributed by atoms with E-state index in [4.69, 9.17) is 14.6 Å². The van der Waals surface area contributed by atoms with Crippen LogP contribution in [0.5, 0.6) is 11.5 Å². The summed E-state index contributed by atoms with van der Waals surface area (Å²) in [4.78, 5) is 13.1. The number of likely N-dealkylation sites (tertiary alicyclic amines) is 1. The Kier molecular flexibility index (Phi) is 5.20. The molecule has 138 valence electrons. The van der Waals surface area contributed by atoms with Crippen molar-refractivity contribution in [3.8, 4) is 11.5 Å². The molecule has 1 aromatic carbocycles. The molecule has 0 aromatic heterocycles. The average Bonchev–Trinajstić information content (AvgIpc) is 3.42. The van der Waals surface area contributed by atoms with E-state index >= 15 is 0 Å². The van der Waals surface area contributed by atoms with E-state index in [1.165, 1.54) is 7.11 Å². The van der Waals surface area contributed by atoms with E-state index < -0.39 is 18.2 Å². The quantitative estimate of drug-likeness (QED) is 0.785. The molecule has 1 aromatic rings. The first-order valence-corrected chi connectivity index (χ1v) is 8.88. The Morgan fingerprint density at radius 2 is 2.12 bits per heavy atom. The van der Waals surface area contributed by atoms with Gasteiger partial charge in [-0.2, -0.15) is 0 Å². The highest BCUT2D eigenvalue weighted by atomic mass is 16.5. The molecule has 1 aliphatic carbocycles. The molecule has 2 atom stereocenters. The Morgan fingerprint density at radius 1 is 1.36 bits per heavy atom. The second kappa shape index (κ2) is 7.22. The average molecular weight is 349 g/mol. The molecule has 0 unspecified atom stereocenters. The first-order valence-electron chi connectivity index (χ1n) is 8.88. The third-order valence-electron chi connectivity index (χ3n) is 5.48. The number of piperidine rings is 1. The van der Waals surface area contributed by atoms with Crippen molar-refractivity contribution in [1.29, 1.82) is 0 Å². The van der Waals surface area contributed by atoms with E-state index in [-0.39, 0.29) is 5.92 Å². The summed E-state index contributed by atoms with van der Waals surface area (Å²) in [5.41, 5.74) is 0.553. The Bertz CT molecular complexity index is 630. The molecule has 1 aliphatic heterocycles. The summed E-state index contributed by atoms with van der Waals surface area (Å²) in [7, 11) is 1.54. The number of aliphatic carboxylic acids is 1. The molecule has 2 aliphatic rings. The summed E-state index contributed by atoms with van der Waals surface area (Å²) in [6, 6.07) is 5.62. The van der Waals surface area contributed by atoms with E-state index in [1.54, 1.807) is 6.07 Å². The van der Waals surface area contributed by atoms with Gasteiger partial charge in [-0.1, -0.05) is 13.0 Å². The predicted octanol–water partition coefficient (Wildman–Crippen LogP) is 2.14. The molecule has 25 heavy (non-hydrogen) atoms. The minimum atomic E-state index is -1.02. The van der Waals surface area contributed by atoms with Crippen molar-refractivity contribution in [2.45, 2.75) is 38.3 Å². The van der Waals surface area contributed by atoms with Gasteiger partial charge in [-0.3, -0.25) is 4.90 Å². The molecule has 0 radical (unpaired) electrons. The Labute approximate surface area is 148 Å². The Morgan fingerprint density at radius 3 is 2.72 bits per heavy atom. The third-order valence-corrected chi connectivity index (χ3v) is 5.48. The number of carbonyl (C=O) groups is 1. The summed E-state index contributed by atoms with van der Waals surface area (Å²) in [6.07, 6.45) is 3.13. The van der Waals surface area contributed by atoms with Crippen LogP contribution in [-0.4, -0.2) is 53.5 Å². The van der Waals surface area contributed by atoms with Crippen LogP contribution in [0.25, 0.3) is 0 Å². The van der Waals surface area contributed by atoms with Gasteiger partial charge in [0.05, 0.1) is 12.7 Å². The highest BCUT2D eigenvalue weighted by molar-refractivity contribution is 5.68. The van der Waals surface area contributed by atoms with Gasteiger partial charge in [0, 0.05) is 19.6 Å². The van der Waals surface area contributed by atoms with Crippen molar-refractivity contribution in [3.05, 3.63) is 23.8 Å². The number of nitrogens with zero attached hydrogens (tertiary/aromatic N) is 1. The standard InChI is InChI=1S/C19H27NO5/c1-13-10-20(8-7-19(13,23)15-4-5-15)11-14-3-6-16(24-2)17(9-14)25-12-18(21)22/h3,6,9,13,15,23H,4-5,7-8,10-12H2,1-2H3,(H,21,22)/t13-,19+/m1/s1. The maximum atomic E-state index is 10.9. The summed E-state index contributed by atoms with van der Waals surface area (Å²) in [6.45, 7) is 4.23. The summed E-state index contributed by atoms with van der Waals surface area (Å²) in [5, 5.41) is 19.7. The number of methoxy groups -OCH3 is 1. The molecule has 2 N–H and O–H groups in total. The molecule has 0 amide bonds. The van der Waals surface area contributed by atoms with Gasteiger partial charge in [-0.05, 0) is 48.8 Å². The maximum absolute atomic E-state index is 10.9. The van der Waals surface area contributed by atoms with Crippen LogP contribution in [0, 0.1) is 11.8 Å². The second-order valence-electron chi connectivity index (χ2n) is 7.32. The fourth-order valence-electron chi connectivity index (χ4n) is 3.88. The Balaban J connectivity index is 1.64. The molecular formula is C19H27NO5. The summed E-state index contributed by atoms with van der Waals surface area (Å²) < 4.78 is 10.6. The lowest BCUT2D eigenvalue weighted by Crippen LogP contribution is -2.51. The van der Waals surface area contributed by atoms with Crippen LogP contribution in [0.15, 0.2) is 18.2 Å². The number of carboxylic acid groups (broad SMARTS) is 1. The SMILES string of the molecule is COc1ccc(CN2CC[C@@](O)(C3CC3)[C@H](C)C2)cc1OCC(=O)O. The van der Waals surface area contributed by atoms with Gasteiger partial charge in [0.1, 0.15) is 0 Å². The topological polar surface area (TPSA) is 79.2 Å². The van der Waals surface area contributed by atoms with E-state index in [9.17, 15) is 9.90 Å².